The van der Waals surface area contributed by atoms with Gasteiger partial charge in [0.1, 0.15) is 18.4 Å². The summed E-state index contributed by atoms with van der Waals surface area (Å²) in [6.07, 6.45) is 2.16. The van der Waals surface area contributed by atoms with Crippen molar-refractivity contribution in [2.45, 2.75) is 37.7 Å². The van der Waals surface area contributed by atoms with Gasteiger partial charge in [0.15, 0.2) is 0 Å². The van der Waals surface area contributed by atoms with Crippen molar-refractivity contribution in [3.8, 4) is 0 Å². The molecule has 1 unspecified atom stereocenters. The molecule has 1 heterocycles. The Kier molecular flexibility index (Phi) is 11.7. The summed E-state index contributed by atoms with van der Waals surface area (Å²) in [5.74, 6) is -3.52. The third-order valence-electron chi connectivity index (χ3n) is 7.46. The third kappa shape index (κ3) is 9.41. The number of nitrogens with one attached hydrogen (secondary N) is 3. The number of aromatic nitrogens is 1. The maximum atomic E-state index is 14.0. The van der Waals surface area contributed by atoms with Crippen LogP contribution in [-0.4, -0.2) is 52.9 Å². The highest BCUT2D eigenvalue weighted by Crippen LogP contribution is 2.48. The summed E-state index contributed by atoms with van der Waals surface area (Å²) in [4.78, 5) is 53.7. The van der Waals surface area contributed by atoms with Crippen molar-refractivity contribution in [3.05, 3.63) is 120 Å². The summed E-state index contributed by atoms with van der Waals surface area (Å²) in [6.45, 7) is 3.70. The van der Waals surface area contributed by atoms with Gasteiger partial charge in [-0.2, -0.15) is 0 Å². The Bertz CT molecular complexity index is 1640. The van der Waals surface area contributed by atoms with Crippen LogP contribution in [0.25, 0.3) is 10.9 Å². The average molecular weight is 632 g/mol. The molecule has 1 aromatic heterocycles. The molecule has 0 spiro atoms. The minimum absolute atomic E-state index is 0.0205. The molecule has 0 saturated heterocycles. The van der Waals surface area contributed by atoms with Gasteiger partial charge in [0.25, 0.3) is 0 Å². The second-order valence-electron chi connectivity index (χ2n) is 10.7. The minimum Gasteiger partial charge on any atom is -0.467 e. The van der Waals surface area contributed by atoms with Crippen LogP contribution in [0.4, 0.5) is 4.79 Å². The number of hydrogen-bond donors (Lipinski definition) is 4. The molecule has 4 N–H and O–H groups in total. The quantitative estimate of drug-likeness (QED) is 0.0788. The average Bonchev–Trinajstić information content (AvgIpc) is 3.46. The predicted octanol–water partition coefficient (Wildman–Crippen LogP) is 5.33. The maximum Gasteiger partial charge on any atom is 0.408 e. The Labute approximate surface area is 262 Å². The third-order valence-corrected chi connectivity index (χ3v) is 9.71. The summed E-state index contributed by atoms with van der Waals surface area (Å²) in [7, 11) is -3.03. The van der Waals surface area contributed by atoms with Crippen molar-refractivity contribution in [2.75, 3.05) is 13.3 Å². The number of allylic oxidation sites excluding steroid dienone is 1. The van der Waals surface area contributed by atoms with Gasteiger partial charge in [0.2, 0.25) is 13.3 Å². The number of alkyl carbamates (subject to hydrolysis) is 1. The molecule has 3 aromatic carbocycles. The number of para-hydroxylation sites is 1. The summed E-state index contributed by atoms with van der Waals surface area (Å²) >= 11 is 0. The fourth-order valence-corrected chi connectivity index (χ4v) is 7.09. The Balaban J connectivity index is 1.50. The van der Waals surface area contributed by atoms with Crippen LogP contribution in [0.5, 0.6) is 0 Å². The van der Waals surface area contributed by atoms with Crippen LogP contribution < -0.4 is 10.6 Å². The Morgan fingerprint density at radius 3 is 2.24 bits per heavy atom. The van der Waals surface area contributed by atoms with Gasteiger partial charge >= 0.3 is 12.1 Å². The van der Waals surface area contributed by atoms with Gasteiger partial charge < -0.3 is 30.0 Å². The van der Waals surface area contributed by atoms with E-state index in [1.165, 1.54) is 13.2 Å². The van der Waals surface area contributed by atoms with Crippen molar-refractivity contribution in [1.29, 1.82) is 0 Å². The molecule has 236 valence electrons. The van der Waals surface area contributed by atoms with E-state index in [2.05, 4.69) is 22.2 Å². The number of benzene rings is 3. The number of ether oxygens (including phenoxy) is 2. The van der Waals surface area contributed by atoms with E-state index in [0.29, 0.717) is 5.56 Å². The molecule has 0 aliphatic heterocycles. The molecule has 0 radical (unpaired) electrons. The number of H-pyrrole nitrogens is 1. The van der Waals surface area contributed by atoms with E-state index in [0.717, 1.165) is 22.0 Å². The van der Waals surface area contributed by atoms with Gasteiger partial charge in [-0.05, 0) is 29.2 Å². The lowest BCUT2D eigenvalue weighted by molar-refractivity contribution is -0.145. The highest BCUT2D eigenvalue weighted by Gasteiger charge is 2.38. The molecule has 11 heteroatoms. The summed E-state index contributed by atoms with van der Waals surface area (Å²) in [6, 6.07) is 24.5. The van der Waals surface area contributed by atoms with E-state index >= 15 is 0 Å². The number of methoxy groups -OCH3 is 1. The first-order valence-corrected chi connectivity index (χ1v) is 16.5. The van der Waals surface area contributed by atoms with Crippen LogP contribution in [0.2, 0.25) is 0 Å². The predicted molar refractivity (Wildman–Crippen MR) is 173 cm³/mol. The number of hydrogen-bond acceptors (Lipinski definition) is 6. The Morgan fingerprint density at radius 2 is 1.58 bits per heavy atom. The fourth-order valence-electron chi connectivity index (χ4n) is 5.09. The molecule has 4 atom stereocenters. The number of carbonyl (C=O) groups is 3. The molecule has 0 saturated carbocycles. The lowest BCUT2D eigenvalue weighted by Gasteiger charge is -2.27. The Hall–Kier alpha value is -4.66. The van der Waals surface area contributed by atoms with Crippen molar-refractivity contribution in [2.24, 2.45) is 5.92 Å². The van der Waals surface area contributed by atoms with Gasteiger partial charge in [0.05, 0.1) is 13.0 Å². The molecule has 0 aliphatic rings. The van der Waals surface area contributed by atoms with Gasteiger partial charge in [-0.3, -0.25) is 9.36 Å². The van der Waals surface area contributed by atoms with E-state index in [4.69, 9.17) is 9.47 Å². The molecular formula is C34H38N3O7P. The van der Waals surface area contributed by atoms with Crippen LogP contribution in [0.3, 0.4) is 0 Å². The van der Waals surface area contributed by atoms with E-state index in [1.807, 2.05) is 48.5 Å². The van der Waals surface area contributed by atoms with Crippen LogP contribution >= 0.6 is 7.37 Å². The monoisotopic (exact) mass is 631 g/mol. The molecule has 0 aliphatic carbocycles. The SMILES string of the molecule is C=CC[C@H](CP(=O)(O)[C@H](Cc1ccccc1)NC(=O)OCc1ccccc1)C(=O)N[C@@H](Cc1c[nH]c2ccccc12)C(=O)OC. The van der Waals surface area contributed by atoms with Gasteiger partial charge in [-0.15, -0.1) is 6.58 Å². The molecule has 0 bridgehead atoms. The van der Waals surface area contributed by atoms with Crippen LogP contribution in [-0.2, 0) is 43.1 Å². The zero-order valence-corrected chi connectivity index (χ0v) is 26.0. The zero-order valence-electron chi connectivity index (χ0n) is 25.1. The molecule has 45 heavy (non-hydrogen) atoms. The number of rotatable bonds is 15. The van der Waals surface area contributed by atoms with Gasteiger partial charge in [-0.25, -0.2) is 9.59 Å². The molecule has 10 nitrogen and oxygen atoms in total. The molecule has 4 rings (SSSR count). The number of fused-ring (bicyclic) bond motifs is 1. The first-order valence-electron chi connectivity index (χ1n) is 14.6. The van der Waals surface area contributed by atoms with E-state index in [1.54, 1.807) is 42.6 Å². The summed E-state index contributed by atoms with van der Waals surface area (Å²) < 4.78 is 24.3. The lowest BCUT2D eigenvalue weighted by Crippen LogP contribution is -2.46. The molecule has 2 amide bonds. The van der Waals surface area contributed by atoms with Crippen molar-refractivity contribution in [1.82, 2.24) is 15.6 Å². The maximum absolute atomic E-state index is 14.0. The van der Waals surface area contributed by atoms with Gasteiger partial charge in [0, 0.05) is 36.1 Å². The van der Waals surface area contributed by atoms with E-state index in [-0.39, 0.29) is 25.9 Å². The second kappa shape index (κ2) is 15.9. The summed E-state index contributed by atoms with van der Waals surface area (Å²) in [5.41, 5.74) is 3.16. The first-order chi connectivity index (χ1) is 21.7. The number of carbonyl (C=O) groups excluding carboxylic acids is 3. The van der Waals surface area contributed by atoms with Crippen molar-refractivity contribution in [3.63, 3.8) is 0 Å². The van der Waals surface area contributed by atoms with Crippen molar-refractivity contribution < 1.29 is 33.3 Å². The number of amides is 2. The van der Waals surface area contributed by atoms with Crippen LogP contribution in [0.15, 0.2) is 104 Å². The first kappa shape index (κ1) is 33.2. The van der Waals surface area contributed by atoms with Crippen molar-refractivity contribution >= 4 is 36.2 Å². The van der Waals surface area contributed by atoms with Gasteiger partial charge in [-0.1, -0.05) is 84.9 Å². The van der Waals surface area contributed by atoms with E-state index < -0.39 is 49.2 Å². The largest absolute Gasteiger partial charge is 0.467 e. The zero-order chi connectivity index (χ0) is 32.2. The highest BCUT2D eigenvalue weighted by atomic mass is 31.2. The molecular weight excluding hydrogens is 593 g/mol. The Morgan fingerprint density at radius 1 is 0.933 bits per heavy atom. The normalized spacial score (nSPS) is 14.4. The standard InChI is InChI=1S/C34H38N3O7P/c1-3-12-26(32(38)36-30(33(39)43-2)20-27-21-35-29-18-11-10-17-28(27)29)23-45(41,42)31(19-24-13-6-4-7-14-24)37-34(40)44-22-25-15-8-5-9-16-25/h3-11,13-18,21,26,30-31,35H,1,12,19-20,22-23H2,2H3,(H,36,38)(H,37,40)(H,41,42)/t26-,30+,31-/m1/s1. The molecule has 4 aromatic rings. The summed E-state index contributed by atoms with van der Waals surface area (Å²) in [5, 5.41) is 6.19. The molecule has 0 fully saturated rings. The number of aromatic amines is 1. The highest BCUT2D eigenvalue weighted by molar-refractivity contribution is 7.58. The number of esters is 1. The topological polar surface area (TPSA) is 147 Å². The fraction of sp³-hybridized carbons (Fsp3) is 0.265. The smallest absolute Gasteiger partial charge is 0.408 e. The second-order valence-corrected chi connectivity index (χ2v) is 13.2. The van der Waals surface area contributed by atoms with Crippen LogP contribution in [0.1, 0.15) is 23.1 Å². The van der Waals surface area contributed by atoms with E-state index in [9.17, 15) is 23.8 Å². The lowest BCUT2D eigenvalue weighted by atomic mass is 10.0. The van der Waals surface area contributed by atoms with Crippen LogP contribution in [0, 0.1) is 5.92 Å². The minimum atomic E-state index is -4.26.